The first kappa shape index (κ1) is 17.4. The zero-order valence-electron chi connectivity index (χ0n) is 14.3. The number of rotatable bonds is 7. The highest BCUT2D eigenvalue weighted by Gasteiger charge is 2.23. The largest absolute Gasteiger partial charge is 0.353 e. The summed E-state index contributed by atoms with van der Waals surface area (Å²) in [7, 11) is 0. The van der Waals surface area contributed by atoms with Crippen LogP contribution < -0.4 is 5.32 Å². The molecule has 4 nitrogen and oxygen atoms in total. The lowest BCUT2D eigenvalue weighted by Crippen LogP contribution is -2.35. The van der Waals surface area contributed by atoms with E-state index in [1.807, 2.05) is 0 Å². The SMILES string of the molecule is CCC(CC)NC(=O)CSc1nc(C)c(C)n1C1CCCC1. The molecule has 1 heterocycles. The van der Waals surface area contributed by atoms with E-state index in [0.29, 0.717) is 17.8 Å². The van der Waals surface area contributed by atoms with Crippen LogP contribution in [0.3, 0.4) is 0 Å². The fraction of sp³-hybridized carbons (Fsp3) is 0.765. The van der Waals surface area contributed by atoms with Crippen LogP contribution in [0.5, 0.6) is 0 Å². The Kier molecular flexibility index (Phi) is 6.36. The Morgan fingerprint density at radius 1 is 1.32 bits per heavy atom. The summed E-state index contributed by atoms with van der Waals surface area (Å²) in [4.78, 5) is 16.8. The first-order valence-corrected chi connectivity index (χ1v) is 9.52. The number of aryl methyl sites for hydroxylation is 1. The summed E-state index contributed by atoms with van der Waals surface area (Å²) in [5.74, 6) is 0.578. The van der Waals surface area contributed by atoms with Gasteiger partial charge in [-0.3, -0.25) is 4.79 Å². The average Bonchev–Trinajstić information content (AvgIpc) is 3.12. The molecule has 2 rings (SSSR count). The molecule has 0 aromatic carbocycles. The molecule has 0 aliphatic heterocycles. The van der Waals surface area contributed by atoms with Crippen molar-refractivity contribution in [1.29, 1.82) is 0 Å². The maximum atomic E-state index is 12.1. The van der Waals surface area contributed by atoms with Crippen LogP contribution in [-0.4, -0.2) is 27.3 Å². The number of carbonyl (C=O) groups is 1. The minimum atomic E-state index is 0.120. The molecule has 124 valence electrons. The van der Waals surface area contributed by atoms with Crippen LogP contribution >= 0.6 is 11.8 Å². The number of hydrogen-bond donors (Lipinski definition) is 1. The zero-order chi connectivity index (χ0) is 16.1. The van der Waals surface area contributed by atoms with E-state index in [2.05, 4.69) is 37.6 Å². The average molecular weight is 324 g/mol. The highest BCUT2D eigenvalue weighted by molar-refractivity contribution is 7.99. The Morgan fingerprint density at radius 2 is 1.95 bits per heavy atom. The molecule has 1 aliphatic carbocycles. The van der Waals surface area contributed by atoms with Gasteiger partial charge in [0.05, 0.1) is 11.4 Å². The highest BCUT2D eigenvalue weighted by Crippen LogP contribution is 2.35. The molecule has 22 heavy (non-hydrogen) atoms. The second-order valence-electron chi connectivity index (χ2n) is 6.24. The van der Waals surface area contributed by atoms with Gasteiger partial charge in [0.15, 0.2) is 5.16 Å². The van der Waals surface area contributed by atoms with Crippen molar-refractivity contribution in [3.8, 4) is 0 Å². The molecule has 0 bridgehead atoms. The van der Waals surface area contributed by atoms with Crippen molar-refractivity contribution >= 4 is 17.7 Å². The lowest BCUT2D eigenvalue weighted by Gasteiger charge is -2.17. The van der Waals surface area contributed by atoms with E-state index in [0.717, 1.165) is 23.7 Å². The number of carbonyl (C=O) groups excluding carboxylic acids is 1. The van der Waals surface area contributed by atoms with Crippen molar-refractivity contribution in [3.63, 3.8) is 0 Å². The number of hydrogen-bond acceptors (Lipinski definition) is 3. The molecule has 1 aliphatic rings. The zero-order valence-corrected chi connectivity index (χ0v) is 15.1. The molecule has 0 unspecified atom stereocenters. The van der Waals surface area contributed by atoms with Crippen LogP contribution in [0.1, 0.15) is 69.8 Å². The first-order chi connectivity index (χ1) is 10.6. The third-order valence-electron chi connectivity index (χ3n) is 4.73. The monoisotopic (exact) mass is 323 g/mol. The second-order valence-corrected chi connectivity index (χ2v) is 7.19. The van der Waals surface area contributed by atoms with E-state index in [9.17, 15) is 4.79 Å². The van der Waals surface area contributed by atoms with Crippen LogP contribution in [0.25, 0.3) is 0 Å². The topological polar surface area (TPSA) is 46.9 Å². The number of nitrogens with zero attached hydrogens (tertiary/aromatic N) is 2. The van der Waals surface area contributed by atoms with Gasteiger partial charge in [0.1, 0.15) is 0 Å². The third-order valence-corrected chi connectivity index (χ3v) is 5.68. The minimum absolute atomic E-state index is 0.120. The fourth-order valence-electron chi connectivity index (χ4n) is 3.18. The molecule has 0 saturated heterocycles. The summed E-state index contributed by atoms with van der Waals surface area (Å²) in [6.07, 6.45) is 7.07. The van der Waals surface area contributed by atoms with Crippen LogP contribution in [0.4, 0.5) is 0 Å². The smallest absolute Gasteiger partial charge is 0.230 e. The van der Waals surface area contributed by atoms with Gasteiger partial charge in [0.2, 0.25) is 5.91 Å². The van der Waals surface area contributed by atoms with E-state index in [1.54, 1.807) is 11.8 Å². The molecule has 0 atom stereocenters. The van der Waals surface area contributed by atoms with Gasteiger partial charge in [-0.2, -0.15) is 0 Å². The van der Waals surface area contributed by atoms with Crippen molar-refractivity contribution in [3.05, 3.63) is 11.4 Å². The van der Waals surface area contributed by atoms with Crippen LogP contribution in [0.2, 0.25) is 0 Å². The standard InChI is InChI=1S/C17H29N3OS/c1-5-14(6-2)19-16(21)11-22-17-18-12(3)13(4)20(17)15-9-7-8-10-15/h14-15H,5-11H2,1-4H3,(H,19,21). The molecule has 1 N–H and O–H groups in total. The summed E-state index contributed by atoms with van der Waals surface area (Å²) < 4.78 is 2.37. The normalized spacial score (nSPS) is 15.7. The Labute approximate surface area is 138 Å². The van der Waals surface area contributed by atoms with Gasteiger partial charge in [0.25, 0.3) is 0 Å². The van der Waals surface area contributed by atoms with Crippen LogP contribution in [-0.2, 0) is 4.79 Å². The fourth-order valence-corrected chi connectivity index (χ4v) is 4.15. The number of imidazole rings is 1. The summed E-state index contributed by atoms with van der Waals surface area (Å²) in [5.41, 5.74) is 2.35. The highest BCUT2D eigenvalue weighted by atomic mass is 32.2. The minimum Gasteiger partial charge on any atom is -0.353 e. The third kappa shape index (κ3) is 4.06. The molecular formula is C17H29N3OS. The van der Waals surface area contributed by atoms with Crippen molar-refractivity contribution in [1.82, 2.24) is 14.9 Å². The van der Waals surface area contributed by atoms with E-state index in [-0.39, 0.29) is 5.91 Å². The summed E-state index contributed by atoms with van der Waals surface area (Å²) in [5, 5.41) is 4.12. The molecule has 1 aromatic rings. The molecule has 0 spiro atoms. The number of aromatic nitrogens is 2. The van der Waals surface area contributed by atoms with E-state index >= 15 is 0 Å². The summed E-state index contributed by atoms with van der Waals surface area (Å²) in [6.45, 7) is 8.44. The van der Waals surface area contributed by atoms with Crippen LogP contribution in [0, 0.1) is 13.8 Å². The van der Waals surface area contributed by atoms with Crippen molar-refractivity contribution < 1.29 is 4.79 Å². The van der Waals surface area contributed by atoms with Gasteiger partial charge >= 0.3 is 0 Å². The molecule has 1 amide bonds. The lowest BCUT2D eigenvalue weighted by molar-refractivity contribution is -0.119. The molecule has 5 heteroatoms. The van der Waals surface area contributed by atoms with Gasteiger partial charge in [-0.15, -0.1) is 0 Å². The van der Waals surface area contributed by atoms with E-state index in [4.69, 9.17) is 4.98 Å². The van der Waals surface area contributed by atoms with Gasteiger partial charge in [-0.05, 0) is 39.5 Å². The lowest BCUT2D eigenvalue weighted by atomic mass is 10.2. The number of thioether (sulfide) groups is 1. The molecule has 1 fully saturated rings. The molecular weight excluding hydrogens is 294 g/mol. The molecule has 1 aromatic heterocycles. The first-order valence-electron chi connectivity index (χ1n) is 8.54. The Hall–Kier alpha value is -0.970. The van der Waals surface area contributed by atoms with Crippen molar-refractivity contribution in [2.45, 2.75) is 83.5 Å². The Bertz CT molecular complexity index is 502. The van der Waals surface area contributed by atoms with Gasteiger partial charge in [-0.1, -0.05) is 38.5 Å². The van der Waals surface area contributed by atoms with Crippen molar-refractivity contribution in [2.75, 3.05) is 5.75 Å². The molecule has 0 radical (unpaired) electrons. The quantitative estimate of drug-likeness (QED) is 0.771. The summed E-state index contributed by atoms with van der Waals surface area (Å²) in [6, 6.07) is 0.872. The van der Waals surface area contributed by atoms with Crippen LogP contribution in [0.15, 0.2) is 5.16 Å². The van der Waals surface area contributed by atoms with E-state index < -0.39 is 0 Å². The Balaban J connectivity index is 2.00. The maximum Gasteiger partial charge on any atom is 0.230 e. The Morgan fingerprint density at radius 3 is 2.55 bits per heavy atom. The van der Waals surface area contributed by atoms with Gasteiger partial charge in [-0.25, -0.2) is 4.98 Å². The predicted octanol–water partition coefficient (Wildman–Crippen LogP) is 4.01. The van der Waals surface area contributed by atoms with Gasteiger partial charge < -0.3 is 9.88 Å². The number of amides is 1. The van der Waals surface area contributed by atoms with Gasteiger partial charge in [0, 0.05) is 17.8 Å². The maximum absolute atomic E-state index is 12.1. The van der Waals surface area contributed by atoms with Crippen molar-refractivity contribution in [2.24, 2.45) is 0 Å². The van der Waals surface area contributed by atoms with E-state index in [1.165, 1.54) is 31.4 Å². The second kappa shape index (κ2) is 8.04. The predicted molar refractivity (Wildman–Crippen MR) is 92.4 cm³/mol. The molecule has 1 saturated carbocycles. The summed E-state index contributed by atoms with van der Waals surface area (Å²) >= 11 is 1.58. The number of nitrogens with one attached hydrogen (secondary N) is 1.